The molecule has 0 unspecified atom stereocenters. The second kappa shape index (κ2) is 9.90. The van der Waals surface area contributed by atoms with E-state index < -0.39 is 0 Å². The van der Waals surface area contributed by atoms with Gasteiger partial charge in [-0.05, 0) is 31.2 Å². The highest BCUT2D eigenvalue weighted by Gasteiger charge is 2.05. The minimum atomic E-state index is -0.330. The van der Waals surface area contributed by atoms with Crippen molar-refractivity contribution in [3.05, 3.63) is 29.8 Å². The van der Waals surface area contributed by atoms with Crippen molar-refractivity contribution in [2.24, 2.45) is 5.73 Å². The van der Waals surface area contributed by atoms with Gasteiger partial charge >= 0.3 is 5.97 Å². The fourth-order valence-electron chi connectivity index (χ4n) is 1.61. The highest BCUT2D eigenvalue weighted by molar-refractivity contribution is 5.74. The highest BCUT2D eigenvalue weighted by atomic mass is 16.5. The Bertz CT molecular complexity index is 445. The summed E-state index contributed by atoms with van der Waals surface area (Å²) in [5.74, 6) is -0.175. The maximum Gasteiger partial charge on any atom is 0.313 e. The quantitative estimate of drug-likeness (QED) is 0.375. The van der Waals surface area contributed by atoms with Crippen molar-refractivity contribution in [3.8, 4) is 5.75 Å². The number of nitrogens with two attached hydrogens (primary N) is 1. The van der Waals surface area contributed by atoms with Crippen molar-refractivity contribution in [3.63, 3.8) is 0 Å². The van der Waals surface area contributed by atoms with Crippen molar-refractivity contribution in [1.29, 1.82) is 0 Å². The summed E-state index contributed by atoms with van der Waals surface area (Å²) in [6, 6.07) is 7.04. The average molecular weight is 294 g/mol. The number of primary amides is 1. The first kappa shape index (κ1) is 17.1. The van der Waals surface area contributed by atoms with Crippen LogP contribution in [0.2, 0.25) is 0 Å². The zero-order valence-electron chi connectivity index (χ0n) is 12.3. The van der Waals surface area contributed by atoms with Gasteiger partial charge in [-0.1, -0.05) is 12.1 Å². The molecule has 0 saturated carbocycles. The molecule has 3 N–H and O–H groups in total. The molecular formula is C15H22N2O4. The van der Waals surface area contributed by atoms with Crippen LogP contribution in [0.25, 0.3) is 0 Å². The number of hydrogen-bond donors (Lipinski definition) is 2. The van der Waals surface area contributed by atoms with E-state index in [0.717, 1.165) is 12.1 Å². The maximum atomic E-state index is 11.6. The number of ether oxygens (including phenoxy) is 2. The first-order chi connectivity index (χ1) is 10.1. The predicted octanol–water partition coefficient (Wildman–Crippen LogP) is 0.636. The molecule has 6 nitrogen and oxygen atoms in total. The molecule has 1 rings (SSSR count). The lowest BCUT2D eigenvalue weighted by Gasteiger charge is -2.06. The molecule has 0 radical (unpaired) electrons. The molecule has 21 heavy (non-hydrogen) atoms. The standard InChI is InChI=1S/C15H22N2O4/c1-17-9-11-20-10-8-15(19)21-13-5-2-12(3-6-13)4-7-14(16)18/h2-3,5-6,17H,4,7-11H2,1H3,(H2,16,18). The molecule has 0 aliphatic heterocycles. The highest BCUT2D eigenvalue weighted by Crippen LogP contribution is 2.14. The summed E-state index contributed by atoms with van der Waals surface area (Å²) in [6.07, 6.45) is 1.11. The first-order valence-electron chi connectivity index (χ1n) is 6.92. The number of hydrogen-bond acceptors (Lipinski definition) is 5. The number of esters is 1. The Kier molecular flexibility index (Phi) is 8.08. The van der Waals surface area contributed by atoms with Crippen LogP contribution in [0.3, 0.4) is 0 Å². The average Bonchev–Trinajstić information content (AvgIpc) is 2.46. The first-order valence-corrected chi connectivity index (χ1v) is 6.92. The third-order valence-corrected chi connectivity index (χ3v) is 2.76. The van der Waals surface area contributed by atoms with Crippen molar-refractivity contribution >= 4 is 11.9 Å². The van der Waals surface area contributed by atoms with Gasteiger partial charge in [-0.15, -0.1) is 0 Å². The third kappa shape index (κ3) is 8.06. The van der Waals surface area contributed by atoms with Crippen LogP contribution in [0.5, 0.6) is 5.75 Å². The normalized spacial score (nSPS) is 10.3. The largest absolute Gasteiger partial charge is 0.426 e. The van der Waals surface area contributed by atoms with Gasteiger partial charge in [0.25, 0.3) is 0 Å². The number of carbonyl (C=O) groups excluding carboxylic acids is 2. The molecule has 1 aromatic carbocycles. The third-order valence-electron chi connectivity index (χ3n) is 2.76. The van der Waals surface area contributed by atoms with Crippen LogP contribution in [-0.4, -0.2) is 38.7 Å². The summed E-state index contributed by atoms with van der Waals surface area (Å²) in [6.45, 7) is 1.66. The summed E-state index contributed by atoms with van der Waals surface area (Å²) >= 11 is 0. The van der Waals surface area contributed by atoms with E-state index in [2.05, 4.69) is 5.32 Å². The van der Waals surface area contributed by atoms with E-state index in [1.165, 1.54) is 0 Å². The van der Waals surface area contributed by atoms with Crippen molar-refractivity contribution in [1.82, 2.24) is 5.32 Å². The number of benzene rings is 1. The van der Waals surface area contributed by atoms with Gasteiger partial charge in [0.15, 0.2) is 0 Å². The molecule has 0 spiro atoms. The van der Waals surface area contributed by atoms with E-state index in [1.54, 1.807) is 12.1 Å². The summed E-state index contributed by atoms with van der Waals surface area (Å²) in [7, 11) is 1.84. The monoisotopic (exact) mass is 294 g/mol. The van der Waals surface area contributed by atoms with Gasteiger partial charge in [0.1, 0.15) is 5.75 Å². The van der Waals surface area contributed by atoms with E-state index in [9.17, 15) is 9.59 Å². The lowest BCUT2D eigenvalue weighted by molar-refractivity contribution is -0.135. The minimum Gasteiger partial charge on any atom is -0.426 e. The molecule has 0 bridgehead atoms. The molecule has 1 amide bonds. The Hall–Kier alpha value is -1.92. The van der Waals surface area contributed by atoms with Crippen molar-refractivity contribution < 1.29 is 19.1 Å². The Balaban J connectivity index is 2.27. The molecule has 116 valence electrons. The molecule has 0 aliphatic carbocycles. The number of carbonyl (C=O) groups is 2. The molecule has 0 saturated heterocycles. The minimum absolute atomic E-state index is 0.215. The molecule has 0 aromatic heterocycles. The van der Waals surface area contributed by atoms with Crippen LogP contribution in [0.4, 0.5) is 0 Å². The number of rotatable bonds is 10. The topological polar surface area (TPSA) is 90.7 Å². The number of likely N-dealkylation sites (N-methyl/N-ethyl adjacent to an activating group) is 1. The number of aryl methyl sites for hydroxylation is 1. The van der Waals surface area contributed by atoms with Gasteiger partial charge < -0.3 is 20.5 Å². The molecule has 6 heteroatoms. The summed E-state index contributed by atoms with van der Waals surface area (Å²) < 4.78 is 10.4. The second-order valence-corrected chi connectivity index (χ2v) is 4.55. The SMILES string of the molecule is CNCCOCCC(=O)Oc1ccc(CCC(N)=O)cc1. The molecular weight excluding hydrogens is 272 g/mol. The summed E-state index contributed by atoms with van der Waals surface area (Å²) in [5.41, 5.74) is 6.06. The number of nitrogens with one attached hydrogen (secondary N) is 1. The Morgan fingerprint density at radius 3 is 2.48 bits per heavy atom. The second-order valence-electron chi connectivity index (χ2n) is 4.55. The zero-order valence-corrected chi connectivity index (χ0v) is 12.3. The van der Waals surface area contributed by atoms with E-state index in [0.29, 0.717) is 31.8 Å². The lowest BCUT2D eigenvalue weighted by Crippen LogP contribution is -2.17. The van der Waals surface area contributed by atoms with E-state index >= 15 is 0 Å². The van der Waals surface area contributed by atoms with Crippen molar-refractivity contribution in [2.75, 3.05) is 26.8 Å². The Labute approximate surface area is 124 Å². The van der Waals surface area contributed by atoms with Gasteiger partial charge in [0.2, 0.25) is 5.91 Å². The molecule has 1 aromatic rings. The van der Waals surface area contributed by atoms with Gasteiger partial charge in [0.05, 0.1) is 19.6 Å². The Morgan fingerprint density at radius 1 is 1.14 bits per heavy atom. The van der Waals surface area contributed by atoms with Crippen LogP contribution in [0.1, 0.15) is 18.4 Å². The molecule has 0 fully saturated rings. The van der Waals surface area contributed by atoms with Crippen LogP contribution in [-0.2, 0) is 20.7 Å². The van der Waals surface area contributed by atoms with Gasteiger partial charge in [0, 0.05) is 13.0 Å². The van der Waals surface area contributed by atoms with E-state index in [4.69, 9.17) is 15.2 Å². The predicted molar refractivity (Wildman–Crippen MR) is 79.0 cm³/mol. The van der Waals surface area contributed by atoms with Crippen LogP contribution in [0, 0.1) is 0 Å². The van der Waals surface area contributed by atoms with Gasteiger partial charge in [-0.25, -0.2) is 0 Å². The molecule has 0 heterocycles. The summed E-state index contributed by atoms with van der Waals surface area (Å²) in [4.78, 5) is 22.3. The zero-order chi connectivity index (χ0) is 15.5. The van der Waals surface area contributed by atoms with Gasteiger partial charge in [-0.3, -0.25) is 9.59 Å². The van der Waals surface area contributed by atoms with E-state index in [1.807, 2.05) is 19.2 Å². The van der Waals surface area contributed by atoms with Crippen LogP contribution in [0.15, 0.2) is 24.3 Å². The molecule has 0 atom stereocenters. The number of amides is 1. The molecule has 0 aliphatic rings. The smallest absolute Gasteiger partial charge is 0.313 e. The van der Waals surface area contributed by atoms with Gasteiger partial charge in [-0.2, -0.15) is 0 Å². The maximum absolute atomic E-state index is 11.6. The lowest BCUT2D eigenvalue weighted by atomic mass is 10.1. The van der Waals surface area contributed by atoms with E-state index in [-0.39, 0.29) is 18.3 Å². The Morgan fingerprint density at radius 2 is 1.86 bits per heavy atom. The fraction of sp³-hybridized carbons (Fsp3) is 0.467. The summed E-state index contributed by atoms with van der Waals surface area (Å²) in [5, 5.41) is 2.95. The van der Waals surface area contributed by atoms with Crippen LogP contribution < -0.4 is 15.8 Å². The van der Waals surface area contributed by atoms with Crippen LogP contribution >= 0.6 is 0 Å². The van der Waals surface area contributed by atoms with Crippen molar-refractivity contribution in [2.45, 2.75) is 19.3 Å². The fourth-order valence-corrected chi connectivity index (χ4v) is 1.61.